The second kappa shape index (κ2) is 14.8. The Kier molecular flexibility index (Phi) is 9.08. The van der Waals surface area contributed by atoms with Crippen LogP contribution in [0.2, 0.25) is 0 Å². The summed E-state index contributed by atoms with van der Waals surface area (Å²) in [5, 5.41) is 11.2. The van der Waals surface area contributed by atoms with E-state index in [1.165, 1.54) is 43.4 Å². The molecule has 0 aliphatic heterocycles. The molecule has 0 aromatic heterocycles. The van der Waals surface area contributed by atoms with Crippen LogP contribution in [0.15, 0.2) is 205 Å². The lowest BCUT2D eigenvalue weighted by Crippen LogP contribution is -2.32. The SMILES string of the molecule is NC(NC(/N=C/c1ccc(-c2c3ccccc3cc3c2ccc2ccccc23)cc1)c1cc(-c2ccccc2)ccc1-c1ccccc1)c1ccccc1. The maximum absolute atomic E-state index is 6.86. The number of rotatable bonds is 9. The standard InChI is InChI=1S/C51H39N3/c52-50(40-19-8-3-9-20-40)54-51(48-32-41(36-14-4-1-5-15-36)29-30-44(48)37-16-6-2-7-17-37)53-34-35-24-26-39(27-25-35)49-45-23-13-11-21-42(45)33-47-43-22-12-10-18-38(43)28-31-46(47)49/h1-34,50-51,54H,52H2/b53-34+. The number of aliphatic imine (C=N–C) groups is 1. The molecule has 0 bridgehead atoms. The normalized spacial score (nSPS) is 12.8. The largest absolute Gasteiger partial charge is 0.312 e. The van der Waals surface area contributed by atoms with E-state index in [4.69, 9.17) is 10.7 Å². The summed E-state index contributed by atoms with van der Waals surface area (Å²) in [4.78, 5) is 5.27. The number of nitrogens with two attached hydrogens (primary N) is 1. The highest BCUT2D eigenvalue weighted by molar-refractivity contribution is 6.20. The van der Waals surface area contributed by atoms with Gasteiger partial charge in [0, 0.05) is 6.21 Å². The van der Waals surface area contributed by atoms with Crippen molar-refractivity contribution in [3.63, 3.8) is 0 Å². The molecule has 2 atom stereocenters. The van der Waals surface area contributed by atoms with Crippen LogP contribution in [0.3, 0.4) is 0 Å². The number of hydrogen-bond donors (Lipinski definition) is 2. The molecule has 3 heteroatoms. The minimum Gasteiger partial charge on any atom is -0.312 e. The first-order valence-electron chi connectivity index (χ1n) is 18.5. The Morgan fingerprint density at radius 1 is 0.444 bits per heavy atom. The maximum atomic E-state index is 6.86. The van der Waals surface area contributed by atoms with Gasteiger partial charge >= 0.3 is 0 Å². The molecule has 258 valence electrons. The number of nitrogens with one attached hydrogen (secondary N) is 1. The van der Waals surface area contributed by atoms with Gasteiger partial charge in [-0.1, -0.05) is 188 Å². The van der Waals surface area contributed by atoms with Crippen molar-refractivity contribution in [1.82, 2.24) is 5.32 Å². The van der Waals surface area contributed by atoms with Crippen LogP contribution in [0.4, 0.5) is 0 Å². The first-order chi connectivity index (χ1) is 26.7. The van der Waals surface area contributed by atoms with Crippen LogP contribution in [0.5, 0.6) is 0 Å². The smallest absolute Gasteiger partial charge is 0.127 e. The zero-order valence-corrected chi connectivity index (χ0v) is 29.8. The van der Waals surface area contributed by atoms with Crippen LogP contribution in [-0.4, -0.2) is 6.21 Å². The van der Waals surface area contributed by atoms with Crippen molar-refractivity contribution in [2.24, 2.45) is 10.7 Å². The summed E-state index contributed by atoms with van der Waals surface area (Å²) >= 11 is 0. The van der Waals surface area contributed by atoms with Crippen molar-refractivity contribution in [3.05, 3.63) is 217 Å². The van der Waals surface area contributed by atoms with Crippen molar-refractivity contribution in [3.8, 4) is 33.4 Å². The number of fused-ring (bicyclic) bond motifs is 4. The minimum atomic E-state index is -0.436. The van der Waals surface area contributed by atoms with E-state index in [1.807, 2.05) is 36.5 Å². The first-order valence-corrected chi connectivity index (χ1v) is 18.5. The molecule has 2 unspecified atom stereocenters. The van der Waals surface area contributed by atoms with Gasteiger partial charge in [0.15, 0.2) is 0 Å². The van der Waals surface area contributed by atoms with Crippen LogP contribution in [0.1, 0.15) is 29.0 Å². The number of hydrogen-bond acceptors (Lipinski definition) is 3. The van der Waals surface area contributed by atoms with Gasteiger partial charge in [-0.2, -0.15) is 0 Å². The van der Waals surface area contributed by atoms with E-state index in [9.17, 15) is 0 Å². The van der Waals surface area contributed by atoms with E-state index in [-0.39, 0.29) is 0 Å². The second-order valence-corrected chi connectivity index (χ2v) is 13.7. The zero-order chi connectivity index (χ0) is 36.3. The van der Waals surface area contributed by atoms with Gasteiger partial charge in [0.2, 0.25) is 0 Å². The van der Waals surface area contributed by atoms with Crippen molar-refractivity contribution in [2.45, 2.75) is 12.3 Å². The first kappa shape index (κ1) is 33.2. The van der Waals surface area contributed by atoms with E-state index in [2.05, 4.69) is 175 Å². The van der Waals surface area contributed by atoms with Gasteiger partial charge in [-0.25, -0.2) is 0 Å². The van der Waals surface area contributed by atoms with Crippen LogP contribution >= 0.6 is 0 Å². The zero-order valence-electron chi connectivity index (χ0n) is 29.8. The van der Waals surface area contributed by atoms with Crippen molar-refractivity contribution < 1.29 is 0 Å². The van der Waals surface area contributed by atoms with Crippen molar-refractivity contribution in [2.75, 3.05) is 0 Å². The molecule has 9 aromatic rings. The lowest BCUT2D eigenvalue weighted by atomic mass is 9.89. The summed E-state index contributed by atoms with van der Waals surface area (Å²) in [7, 11) is 0. The van der Waals surface area contributed by atoms with Gasteiger partial charge in [-0.15, -0.1) is 0 Å². The highest BCUT2D eigenvalue weighted by Crippen LogP contribution is 2.39. The van der Waals surface area contributed by atoms with Crippen LogP contribution in [0, 0.1) is 0 Å². The van der Waals surface area contributed by atoms with Gasteiger partial charge in [-0.05, 0) is 94.5 Å². The summed E-state index contributed by atoms with van der Waals surface area (Å²) < 4.78 is 0. The molecule has 0 radical (unpaired) electrons. The topological polar surface area (TPSA) is 50.4 Å². The molecule has 9 aromatic carbocycles. The predicted octanol–water partition coefficient (Wildman–Crippen LogP) is 12.5. The molecule has 0 saturated carbocycles. The lowest BCUT2D eigenvalue weighted by Gasteiger charge is -2.24. The summed E-state index contributed by atoms with van der Waals surface area (Å²) in [5.74, 6) is 0. The average molecular weight is 694 g/mol. The van der Waals surface area contributed by atoms with Crippen molar-refractivity contribution >= 4 is 38.5 Å². The Labute approximate surface area is 316 Å². The molecular formula is C51H39N3. The molecule has 0 fully saturated rings. The molecule has 0 aliphatic carbocycles. The van der Waals surface area contributed by atoms with Gasteiger partial charge in [-0.3, -0.25) is 10.3 Å². The molecule has 0 amide bonds. The van der Waals surface area contributed by atoms with E-state index < -0.39 is 12.3 Å². The highest BCUT2D eigenvalue weighted by atomic mass is 15.1. The minimum absolute atomic E-state index is 0.435. The van der Waals surface area contributed by atoms with Crippen molar-refractivity contribution in [1.29, 1.82) is 0 Å². The fraction of sp³-hybridized carbons (Fsp3) is 0.0392. The number of benzene rings is 9. The summed E-state index contributed by atoms with van der Waals surface area (Å²) in [6.07, 6.45) is 1.10. The predicted molar refractivity (Wildman–Crippen MR) is 229 cm³/mol. The van der Waals surface area contributed by atoms with E-state index in [0.29, 0.717) is 0 Å². The van der Waals surface area contributed by atoms with Crippen LogP contribution in [0.25, 0.3) is 65.7 Å². The van der Waals surface area contributed by atoms with Gasteiger partial charge in [0.05, 0.1) is 6.17 Å². The molecule has 3 nitrogen and oxygen atoms in total. The van der Waals surface area contributed by atoms with E-state index in [1.54, 1.807) is 0 Å². The summed E-state index contributed by atoms with van der Waals surface area (Å²) in [6, 6.07) is 70.8. The molecular weight excluding hydrogens is 655 g/mol. The molecule has 54 heavy (non-hydrogen) atoms. The summed E-state index contributed by atoms with van der Waals surface area (Å²) in [6.45, 7) is 0. The molecule has 3 N–H and O–H groups in total. The lowest BCUT2D eigenvalue weighted by molar-refractivity contribution is 0.468. The van der Waals surface area contributed by atoms with E-state index in [0.717, 1.165) is 38.9 Å². The van der Waals surface area contributed by atoms with Gasteiger partial charge < -0.3 is 5.73 Å². The Balaban J connectivity index is 1.13. The Bertz CT molecular complexity index is 2740. The Hall–Kier alpha value is -6.65. The molecule has 0 aliphatic rings. The third-order valence-corrected chi connectivity index (χ3v) is 10.4. The summed E-state index contributed by atoms with van der Waals surface area (Å²) in [5.41, 5.74) is 16.9. The third-order valence-electron chi connectivity index (χ3n) is 10.4. The molecule has 9 rings (SSSR count). The molecule has 0 saturated heterocycles. The van der Waals surface area contributed by atoms with Crippen LogP contribution < -0.4 is 11.1 Å². The quantitative estimate of drug-likeness (QED) is 0.0684. The molecule has 0 heterocycles. The van der Waals surface area contributed by atoms with Gasteiger partial charge in [0.25, 0.3) is 0 Å². The number of nitrogens with zero attached hydrogens (tertiary/aromatic N) is 1. The van der Waals surface area contributed by atoms with Gasteiger partial charge in [0.1, 0.15) is 6.17 Å². The van der Waals surface area contributed by atoms with Crippen LogP contribution in [-0.2, 0) is 0 Å². The average Bonchev–Trinajstić information content (AvgIpc) is 3.25. The fourth-order valence-corrected chi connectivity index (χ4v) is 7.65. The fourth-order valence-electron chi connectivity index (χ4n) is 7.65. The molecule has 0 spiro atoms. The van der Waals surface area contributed by atoms with E-state index >= 15 is 0 Å². The third kappa shape index (κ3) is 6.59. The highest BCUT2D eigenvalue weighted by Gasteiger charge is 2.20. The Morgan fingerprint density at radius 2 is 1.06 bits per heavy atom. The Morgan fingerprint density at radius 3 is 1.80 bits per heavy atom. The maximum Gasteiger partial charge on any atom is 0.127 e. The second-order valence-electron chi connectivity index (χ2n) is 13.7. The monoisotopic (exact) mass is 693 g/mol.